The van der Waals surface area contributed by atoms with Gasteiger partial charge in [-0.15, -0.1) is 0 Å². The Bertz CT molecular complexity index is 879. The SMILES string of the molecule is CCc1ccc(C(=O)n2cc(C(=O)NN)c3ccccc32)cc1. The van der Waals surface area contributed by atoms with E-state index in [9.17, 15) is 9.59 Å². The Morgan fingerprint density at radius 3 is 2.43 bits per heavy atom. The van der Waals surface area contributed by atoms with Crippen molar-refractivity contribution in [2.75, 3.05) is 0 Å². The molecule has 0 atom stereocenters. The number of nitrogens with zero attached hydrogens (tertiary/aromatic N) is 1. The second-order valence-electron chi connectivity index (χ2n) is 5.26. The van der Waals surface area contributed by atoms with Crippen LogP contribution in [0.5, 0.6) is 0 Å². The Morgan fingerprint density at radius 1 is 1.09 bits per heavy atom. The number of benzene rings is 2. The molecule has 2 aromatic carbocycles. The number of para-hydroxylation sites is 1. The fourth-order valence-corrected chi connectivity index (χ4v) is 2.63. The van der Waals surface area contributed by atoms with Gasteiger partial charge in [-0.2, -0.15) is 0 Å². The zero-order valence-corrected chi connectivity index (χ0v) is 12.7. The maximum atomic E-state index is 12.8. The number of carbonyl (C=O) groups excluding carboxylic acids is 2. The van der Waals surface area contributed by atoms with Crippen molar-refractivity contribution >= 4 is 22.7 Å². The number of aromatic nitrogens is 1. The van der Waals surface area contributed by atoms with Crippen LogP contribution >= 0.6 is 0 Å². The molecule has 1 amide bonds. The molecular formula is C18H17N3O2. The van der Waals surface area contributed by atoms with Crippen molar-refractivity contribution in [3.05, 3.63) is 71.4 Å². The molecule has 3 rings (SSSR count). The van der Waals surface area contributed by atoms with Crippen LogP contribution in [0.25, 0.3) is 10.9 Å². The number of fused-ring (bicyclic) bond motifs is 1. The van der Waals surface area contributed by atoms with E-state index >= 15 is 0 Å². The lowest BCUT2D eigenvalue weighted by Crippen LogP contribution is -2.29. The number of rotatable bonds is 3. The van der Waals surface area contributed by atoms with Gasteiger partial charge in [0.15, 0.2) is 0 Å². The minimum atomic E-state index is -0.422. The zero-order chi connectivity index (χ0) is 16.4. The fraction of sp³-hybridized carbons (Fsp3) is 0.111. The molecule has 0 aliphatic carbocycles. The molecule has 0 spiro atoms. The van der Waals surface area contributed by atoms with E-state index in [0.29, 0.717) is 22.0 Å². The number of hydrogen-bond acceptors (Lipinski definition) is 3. The second-order valence-corrected chi connectivity index (χ2v) is 5.26. The molecule has 3 N–H and O–H groups in total. The highest BCUT2D eigenvalue weighted by Gasteiger charge is 2.18. The second kappa shape index (κ2) is 6.06. The minimum absolute atomic E-state index is 0.181. The Hall–Kier alpha value is -2.92. The standard InChI is InChI=1S/C18H17N3O2/c1-2-12-7-9-13(10-8-12)18(23)21-11-15(17(22)20-19)14-5-3-4-6-16(14)21/h3-11H,2,19H2,1H3,(H,20,22). The van der Waals surface area contributed by atoms with E-state index < -0.39 is 5.91 Å². The predicted octanol–water partition coefficient (Wildman–Crippen LogP) is 2.50. The van der Waals surface area contributed by atoms with Gasteiger partial charge in [-0.3, -0.25) is 19.6 Å². The van der Waals surface area contributed by atoms with Crippen molar-refractivity contribution in [1.82, 2.24) is 9.99 Å². The van der Waals surface area contributed by atoms with Gasteiger partial charge in [0.1, 0.15) is 0 Å². The first kappa shape index (κ1) is 15.0. The third-order valence-electron chi connectivity index (χ3n) is 3.92. The summed E-state index contributed by atoms with van der Waals surface area (Å²) in [6.07, 6.45) is 2.45. The summed E-state index contributed by atoms with van der Waals surface area (Å²) in [5.74, 6) is 4.63. The lowest BCUT2D eigenvalue weighted by molar-refractivity contribution is 0.0955. The van der Waals surface area contributed by atoms with Crippen LogP contribution in [0.3, 0.4) is 0 Å². The molecule has 116 valence electrons. The van der Waals surface area contributed by atoms with Crippen molar-refractivity contribution < 1.29 is 9.59 Å². The van der Waals surface area contributed by atoms with Gasteiger partial charge in [-0.25, -0.2) is 5.84 Å². The van der Waals surface area contributed by atoms with E-state index in [1.54, 1.807) is 24.3 Å². The number of aryl methyl sites for hydroxylation is 1. The average Bonchev–Trinajstić information content (AvgIpc) is 3.00. The van der Waals surface area contributed by atoms with Gasteiger partial charge in [0.25, 0.3) is 11.8 Å². The van der Waals surface area contributed by atoms with E-state index in [-0.39, 0.29) is 5.91 Å². The Balaban J connectivity index is 2.11. The number of amides is 1. The molecule has 0 unspecified atom stereocenters. The molecule has 0 aliphatic rings. The van der Waals surface area contributed by atoms with Crippen molar-refractivity contribution in [2.24, 2.45) is 5.84 Å². The van der Waals surface area contributed by atoms with Crippen molar-refractivity contribution in [3.8, 4) is 0 Å². The van der Waals surface area contributed by atoms with Gasteiger partial charge in [0.05, 0.1) is 11.1 Å². The van der Waals surface area contributed by atoms with Gasteiger partial charge in [0, 0.05) is 17.1 Å². The molecule has 1 aromatic heterocycles. The molecule has 23 heavy (non-hydrogen) atoms. The molecule has 5 heteroatoms. The van der Waals surface area contributed by atoms with Gasteiger partial charge in [-0.1, -0.05) is 37.3 Å². The molecule has 3 aromatic rings. The third kappa shape index (κ3) is 2.62. The third-order valence-corrected chi connectivity index (χ3v) is 3.92. The summed E-state index contributed by atoms with van der Waals surface area (Å²) in [5.41, 5.74) is 4.91. The molecule has 0 aliphatic heterocycles. The zero-order valence-electron chi connectivity index (χ0n) is 12.7. The summed E-state index contributed by atoms with van der Waals surface area (Å²) in [7, 11) is 0. The number of hydrogen-bond donors (Lipinski definition) is 2. The molecule has 0 saturated heterocycles. The number of nitrogen functional groups attached to an aromatic ring is 1. The highest BCUT2D eigenvalue weighted by Crippen LogP contribution is 2.22. The topological polar surface area (TPSA) is 77.1 Å². The van der Waals surface area contributed by atoms with Crippen LogP contribution in [0.15, 0.2) is 54.7 Å². The first-order chi connectivity index (χ1) is 11.2. The van der Waals surface area contributed by atoms with Crippen LogP contribution in [0.4, 0.5) is 0 Å². The molecule has 5 nitrogen and oxygen atoms in total. The molecule has 0 saturated carbocycles. The van der Waals surface area contributed by atoms with Crippen molar-refractivity contribution in [3.63, 3.8) is 0 Å². The van der Waals surface area contributed by atoms with Crippen LogP contribution in [-0.2, 0) is 6.42 Å². The fourth-order valence-electron chi connectivity index (χ4n) is 2.63. The Labute approximate surface area is 133 Å². The van der Waals surface area contributed by atoms with Crippen molar-refractivity contribution in [1.29, 1.82) is 0 Å². The van der Waals surface area contributed by atoms with Crippen LogP contribution < -0.4 is 11.3 Å². The summed E-state index contributed by atoms with van der Waals surface area (Å²) in [6.45, 7) is 2.06. The number of nitrogens with two attached hydrogens (primary N) is 1. The summed E-state index contributed by atoms with van der Waals surface area (Å²) >= 11 is 0. The van der Waals surface area contributed by atoms with Gasteiger partial charge in [-0.05, 0) is 30.2 Å². The highest BCUT2D eigenvalue weighted by molar-refractivity contribution is 6.11. The average molecular weight is 307 g/mol. The maximum absolute atomic E-state index is 12.8. The van der Waals surface area contributed by atoms with Crippen LogP contribution in [0.1, 0.15) is 33.2 Å². The first-order valence-corrected chi connectivity index (χ1v) is 7.40. The lowest BCUT2D eigenvalue weighted by Gasteiger charge is -2.05. The number of nitrogens with one attached hydrogen (secondary N) is 1. The smallest absolute Gasteiger partial charge is 0.267 e. The molecule has 1 heterocycles. The van der Waals surface area contributed by atoms with Gasteiger partial charge < -0.3 is 0 Å². The van der Waals surface area contributed by atoms with E-state index in [1.165, 1.54) is 16.3 Å². The predicted molar refractivity (Wildman–Crippen MR) is 89.1 cm³/mol. The largest absolute Gasteiger partial charge is 0.290 e. The van der Waals surface area contributed by atoms with Crippen LogP contribution in [-0.4, -0.2) is 16.4 Å². The van der Waals surface area contributed by atoms with E-state index in [1.807, 2.05) is 24.3 Å². The maximum Gasteiger partial charge on any atom is 0.267 e. The normalized spacial score (nSPS) is 10.7. The monoisotopic (exact) mass is 307 g/mol. The first-order valence-electron chi connectivity index (χ1n) is 7.40. The quantitative estimate of drug-likeness (QED) is 0.443. The van der Waals surface area contributed by atoms with Gasteiger partial charge >= 0.3 is 0 Å². The highest BCUT2D eigenvalue weighted by atomic mass is 16.2. The molecule has 0 radical (unpaired) electrons. The summed E-state index contributed by atoms with van der Waals surface area (Å²) < 4.78 is 1.49. The molecule has 0 bridgehead atoms. The molecule has 0 fully saturated rings. The number of hydrazine groups is 1. The summed E-state index contributed by atoms with van der Waals surface area (Å²) in [6, 6.07) is 14.7. The van der Waals surface area contributed by atoms with Crippen LogP contribution in [0, 0.1) is 0 Å². The van der Waals surface area contributed by atoms with Crippen molar-refractivity contribution in [2.45, 2.75) is 13.3 Å². The summed E-state index contributed by atoms with van der Waals surface area (Å²) in [5, 5.41) is 0.689. The summed E-state index contributed by atoms with van der Waals surface area (Å²) in [4.78, 5) is 24.7. The minimum Gasteiger partial charge on any atom is -0.290 e. The van der Waals surface area contributed by atoms with E-state index in [0.717, 1.165) is 6.42 Å². The Kier molecular flexibility index (Phi) is 3.95. The number of carbonyl (C=O) groups is 2. The lowest BCUT2D eigenvalue weighted by atomic mass is 10.1. The molecular weight excluding hydrogens is 290 g/mol. The van der Waals surface area contributed by atoms with Gasteiger partial charge in [0.2, 0.25) is 0 Å². The van der Waals surface area contributed by atoms with E-state index in [4.69, 9.17) is 5.84 Å². The van der Waals surface area contributed by atoms with Crippen LogP contribution in [0.2, 0.25) is 0 Å². The Morgan fingerprint density at radius 2 is 1.78 bits per heavy atom. The van der Waals surface area contributed by atoms with E-state index in [2.05, 4.69) is 12.3 Å².